The second-order valence-electron chi connectivity index (χ2n) is 9.09. The zero-order valence-electron chi connectivity index (χ0n) is 19.1. The number of piperidine rings is 1. The maximum atomic E-state index is 12.7. The van der Waals surface area contributed by atoms with Crippen molar-refractivity contribution < 1.29 is 4.79 Å². The van der Waals surface area contributed by atoms with Crippen molar-refractivity contribution in [1.29, 1.82) is 0 Å². The van der Waals surface area contributed by atoms with Gasteiger partial charge in [-0.3, -0.25) is 19.6 Å². The molecule has 0 bridgehead atoms. The number of hydrogen-bond donors (Lipinski definition) is 1. The predicted octanol–water partition coefficient (Wildman–Crippen LogP) is 1.45. The number of guanidine groups is 1. The van der Waals surface area contributed by atoms with Gasteiger partial charge in [-0.1, -0.05) is 6.42 Å². The van der Waals surface area contributed by atoms with Crippen LogP contribution in [0.3, 0.4) is 0 Å². The van der Waals surface area contributed by atoms with Crippen LogP contribution in [0.5, 0.6) is 0 Å². The van der Waals surface area contributed by atoms with Gasteiger partial charge in [-0.05, 0) is 53.0 Å². The molecule has 0 aromatic carbocycles. The van der Waals surface area contributed by atoms with Crippen molar-refractivity contribution in [3.05, 3.63) is 0 Å². The predicted molar refractivity (Wildman–Crippen MR) is 119 cm³/mol. The Balaban J connectivity index is 1.44. The van der Waals surface area contributed by atoms with Crippen LogP contribution in [0.25, 0.3) is 0 Å². The fraction of sp³-hybridized carbons (Fsp3) is 0.909. The molecule has 0 aromatic rings. The number of carbonyl (C=O) groups is 1. The van der Waals surface area contributed by atoms with E-state index in [2.05, 4.69) is 45.8 Å². The molecule has 3 heterocycles. The summed E-state index contributed by atoms with van der Waals surface area (Å²) in [7, 11) is 1.88. The van der Waals surface area contributed by atoms with E-state index in [0.29, 0.717) is 18.0 Å². The third-order valence-electron chi connectivity index (χ3n) is 7.12. The van der Waals surface area contributed by atoms with Gasteiger partial charge in [0, 0.05) is 64.9 Å². The highest BCUT2D eigenvalue weighted by Crippen LogP contribution is 2.19. The molecular weight excluding hydrogens is 364 g/mol. The molecule has 1 amide bonds. The number of likely N-dealkylation sites (tertiary alicyclic amines) is 2. The lowest BCUT2D eigenvalue weighted by Crippen LogP contribution is -2.58. The van der Waals surface area contributed by atoms with Crippen LogP contribution in [0, 0.1) is 0 Å². The zero-order valence-corrected chi connectivity index (χ0v) is 19.1. The molecule has 3 unspecified atom stereocenters. The molecule has 3 atom stereocenters. The average Bonchev–Trinajstić information content (AvgIpc) is 3.28. The Morgan fingerprint density at radius 2 is 1.62 bits per heavy atom. The Morgan fingerprint density at radius 1 is 0.966 bits per heavy atom. The van der Waals surface area contributed by atoms with Gasteiger partial charge in [-0.25, -0.2) is 0 Å². The van der Waals surface area contributed by atoms with Crippen molar-refractivity contribution in [1.82, 2.24) is 24.9 Å². The average molecular weight is 407 g/mol. The van der Waals surface area contributed by atoms with Gasteiger partial charge in [-0.2, -0.15) is 0 Å². The van der Waals surface area contributed by atoms with Crippen LogP contribution >= 0.6 is 0 Å². The van der Waals surface area contributed by atoms with Crippen molar-refractivity contribution in [2.45, 2.75) is 71.0 Å². The van der Waals surface area contributed by atoms with Crippen molar-refractivity contribution in [3.8, 4) is 0 Å². The van der Waals surface area contributed by atoms with E-state index in [0.717, 1.165) is 64.6 Å². The van der Waals surface area contributed by atoms with Crippen molar-refractivity contribution in [2.75, 3.05) is 59.4 Å². The highest BCUT2D eigenvalue weighted by Gasteiger charge is 2.31. The van der Waals surface area contributed by atoms with Crippen LogP contribution in [0.15, 0.2) is 4.99 Å². The number of nitrogens with zero attached hydrogens (tertiary/aromatic N) is 5. The van der Waals surface area contributed by atoms with Crippen LogP contribution in [0.1, 0.15) is 52.9 Å². The molecule has 3 fully saturated rings. The fourth-order valence-corrected chi connectivity index (χ4v) is 5.14. The van der Waals surface area contributed by atoms with Gasteiger partial charge in [0.1, 0.15) is 0 Å². The van der Waals surface area contributed by atoms with Crippen LogP contribution in [-0.2, 0) is 4.79 Å². The van der Waals surface area contributed by atoms with Gasteiger partial charge in [0.05, 0.1) is 6.04 Å². The van der Waals surface area contributed by atoms with E-state index in [-0.39, 0.29) is 6.04 Å². The summed E-state index contributed by atoms with van der Waals surface area (Å²) < 4.78 is 0. The summed E-state index contributed by atoms with van der Waals surface area (Å²) in [5.41, 5.74) is 0. The molecule has 29 heavy (non-hydrogen) atoms. The van der Waals surface area contributed by atoms with Gasteiger partial charge in [0.15, 0.2) is 5.96 Å². The first-order chi connectivity index (χ1) is 14.0. The lowest BCUT2D eigenvalue weighted by molar-refractivity contribution is -0.135. The summed E-state index contributed by atoms with van der Waals surface area (Å²) in [5, 5.41) is 3.61. The molecule has 166 valence electrons. The van der Waals surface area contributed by atoms with Crippen LogP contribution in [-0.4, -0.2) is 109 Å². The minimum absolute atomic E-state index is 0.00849. The number of hydrogen-bond acceptors (Lipinski definition) is 4. The molecular formula is C22H42N6O. The minimum atomic E-state index is -0.00849. The summed E-state index contributed by atoms with van der Waals surface area (Å²) in [6.45, 7) is 14.5. The first kappa shape index (κ1) is 22.3. The Hall–Kier alpha value is -1.34. The summed E-state index contributed by atoms with van der Waals surface area (Å²) in [6, 6.07) is 1.19. The second-order valence-corrected chi connectivity index (χ2v) is 9.09. The number of aliphatic imine (C=N–C) groups is 1. The zero-order chi connectivity index (χ0) is 20.8. The monoisotopic (exact) mass is 406 g/mol. The molecule has 3 aliphatic heterocycles. The molecule has 0 aromatic heterocycles. The summed E-state index contributed by atoms with van der Waals surface area (Å²) in [5.74, 6) is 1.31. The Kier molecular flexibility index (Phi) is 8.18. The third kappa shape index (κ3) is 5.63. The highest BCUT2D eigenvalue weighted by atomic mass is 16.2. The SMILES string of the molecule is CN=C(NCC(C)N1CCCCC1C)N1CCN(C(C)C(=O)N2CCCC2)CC1. The van der Waals surface area contributed by atoms with Crippen molar-refractivity contribution in [2.24, 2.45) is 4.99 Å². The number of rotatable bonds is 5. The number of amides is 1. The number of piperazine rings is 1. The summed E-state index contributed by atoms with van der Waals surface area (Å²) >= 11 is 0. The van der Waals surface area contributed by atoms with Gasteiger partial charge in [0.2, 0.25) is 5.91 Å². The summed E-state index contributed by atoms with van der Waals surface area (Å²) in [4.78, 5) is 26.6. The molecule has 7 heteroatoms. The van der Waals surface area contributed by atoms with E-state index >= 15 is 0 Å². The highest BCUT2D eigenvalue weighted by molar-refractivity contribution is 5.82. The van der Waals surface area contributed by atoms with Crippen LogP contribution in [0.2, 0.25) is 0 Å². The first-order valence-electron chi connectivity index (χ1n) is 11.8. The molecule has 3 aliphatic rings. The molecule has 3 saturated heterocycles. The van der Waals surface area contributed by atoms with Gasteiger partial charge < -0.3 is 15.1 Å². The van der Waals surface area contributed by atoms with Crippen LogP contribution < -0.4 is 5.32 Å². The number of carbonyl (C=O) groups excluding carboxylic acids is 1. The van der Waals surface area contributed by atoms with Gasteiger partial charge >= 0.3 is 0 Å². The molecule has 0 aliphatic carbocycles. The first-order valence-corrected chi connectivity index (χ1v) is 11.8. The molecule has 7 nitrogen and oxygen atoms in total. The summed E-state index contributed by atoms with van der Waals surface area (Å²) in [6.07, 6.45) is 6.31. The van der Waals surface area contributed by atoms with Crippen molar-refractivity contribution >= 4 is 11.9 Å². The largest absolute Gasteiger partial charge is 0.355 e. The second kappa shape index (κ2) is 10.6. The van der Waals surface area contributed by atoms with E-state index in [9.17, 15) is 4.79 Å². The molecule has 0 spiro atoms. The number of nitrogens with one attached hydrogen (secondary N) is 1. The normalized spacial score (nSPS) is 27.2. The van der Waals surface area contributed by atoms with E-state index in [1.165, 1.54) is 25.8 Å². The fourth-order valence-electron chi connectivity index (χ4n) is 5.14. The lowest BCUT2D eigenvalue weighted by atomic mass is 10.0. The lowest BCUT2D eigenvalue weighted by Gasteiger charge is -2.41. The Bertz CT molecular complexity index is 554. The molecule has 1 N–H and O–H groups in total. The maximum Gasteiger partial charge on any atom is 0.239 e. The van der Waals surface area contributed by atoms with Gasteiger partial charge in [0.25, 0.3) is 0 Å². The molecule has 3 rings (SSSR count). The van der Waals surface area contributed by atoms with E-state index in [1.807, 2.05) is 11.9 Å². The standard InChI is InChI=1S/C22H42N6O/c1-18-9-5-6-12-28(18)19(2)17-24-22(23-4)27-15-13-25(14-16-27)20(3)21(29)26-10-7-8-11-26/h18-20H,5-17H2,1-4H3,(H,23,24). The molecule has 0 radical (unpaired) electrons. The quantitative estimate of drug-likeness (QED) is 0.553. The van der Waals surface area contributed by atoms with E-state index in [4.69, 9.17) is 0 Å². The minimum Gasteiger partial charge on any atom is -0.355 e. The van der Waals surface area contributed by atoms with E-state index in [1.54, 1.807) is 0 Å². The Morgan fingerprint density at radius 3 is 2.24 bits per heavy atom. The smallest absolute Gasteiger partial charge is 0.239 e. The third-order valence-corrected chi connectivity index (χ3v) is 7.12. The molecule has 0 saturated carbocycles. The van der Waals surface area contributed by atoms with E-state index < -0.39 is 0 Å². The van der Waals surface area contributed by atoms with Crippen LogP contribution in [0.4, 0.5) is 0 Å². The van der Waals surface area contributed by atoms with Gasteiger partial charge in [-0.15, -0.1) is 0 Å². The Labute approximate surface area is 177 Å². The maximum absolute atomic E-state index is 12.7. The van der Waals surface area contributed by atoms with Crippen molar-refractivity contribution in [3.63, 3.8) is 0 Å². The topological polar surface area (TPSA) is 54.4 Å².